The lowest BCUT2D eigenvalue weighted by Crippen LogP contribution is -2.21. The first-order chi connectivity index (χ1) is 9.59. The van der Waals surface area contributed by atoms with Crippen molar-refractivity contribution in [3.05, 3.63) is 63.5 Å². The van der Waals surface area contributed by atoms with E-state index in [0.29, 0.717) is 6.54 Å². The Hall–Kier alpha value is -2.27. The summed E-state index contributed by atoms with van der Waals surface area (Å²) in [6.45, 7) is 0.456. The van der Waals surface area contributed by atoms with Crippen molar-refractivity contribution in [3.63, 3.8) is 0 Å². The molecule has 1 aromatic heterocycles. The number of para-hydroxylation sites is 1. The number of halogens is 1. The molecule has 1 heterocycles. The van der Waals surface area contributed by atoms with Gasteiger partial charge in [0.05, 0.1) is 11.6 Å². The van der Waals surface area contributed by atoms with Gasteiger partial charge in [0.2, 0.25) is 0 Å². The number of pyridine rings is 1. The van der Waals surface area contributed by atoms with Crippen LogP contribution in [0.25, 0.3) is 0 Å². The molecule has 0 saturated heterocycles. The molecule has 5 nitrogen and oxygen atoms in total. The van der Waals surface area contributed by atoms with Crippen LogP contribution in [0.5, 0.6) is 5.75 Å². The van der Waals surface area contributed by atoms with Crippen LogP contribution in [0.15, 0.2) is 47.4 Å². The molecule has 0 atom stereocenters. The molecule has 0 fully saturated rings. The number of carboxylic acids is 1. The first kappa shape index (κ1) is 14.1. The van der Waals surface area contributed by atoms with Crippen LogP contribution in [0.4, 0.5) is 0 Å². The standard InChI is InChI=1S/C14H12ClNO4/c15-11-5-3-4-10(14(18)19)13(11)20-9-8-16-7-2-1-6-12(16)17/h1-7H,8-9H2,(H,18,19). The van der Waals surface area contributed by atoms with Crippen LogP contribution >= 0.6 is 11.6 Å². The van der Waals surface area contributed by atoms with Gasteiger partial charge in [-0.15, -0.1) is 0 Å². The van der Waals surface area contributed by atoms with Gasteiger partial charge in [-0.25, -0.2) is 4.79 Å². The van der Waals surface area contributed by atoms with Gasteiger partial charge in [-0.1, -0.05) is 23.7 Å². The van der Waals surface area contributed by atoms with Crippen LogP contribution in [0.3, 0.4) is 0 Å². The molecule has 0 spiro atoms. The Labute approximate surface area is 120 Å². The number of nitrogens with zero attached hydrogens (tertiary/aromatic N) is 1. The lowest BCUT2D eigenvalue weighted by atomic mass is 10.2. The lowest BCUT2D eigenvalue weighted by Gasteiger charge is -2.11. The summed E-state index contributed by atoms with van der Waals surface area (Å²) < 4.78 is 6.89. The Kier molecular flexibility index (Phi) is 4.42. The van der Waals surface area contributed by atoms with Crippen molar-refractivity contribution in [1.82, 2.24) is 4.57 Å². The van der Waals surface area contributed by atoms with E-state index in [-0.39, 0.29) is 28.5 Å². The highest BCUT2D eigenvalue weighted by Crippen LogP contribution is 2.28. The third-order valence-corrected chi connectivity index (χ3v) is 2.97. The van der Waals surface area contributed by atoms with Crippen LogP contribution in [0.2, 0.25) is 5.02 Å². The summed E-state index contributed by atoms with van der Waals surface area (Å²) in [4.78, 5) is 22.6. The number of carboxylic acid groups (broad SMARTS) is 1. The summed E-state index contributed by atoms with van der Waals surface area (Å²) in [5, 5.41) is 9.28. The molecule has 0 saturated carbocycles. The van der Waals surface area contributed by atoms with E-state index in [4.69, 9.17) is 21.4 Å². The van der Waals surface area contributed by atoms with Crippen LogP contribution in [-0.2, 0) is 6.54 Å². The van der Waals surface area contributed by atoms with Crippen molar-refractivity contribution in [3.8, 4) is 5.75 Å². The Morgan fingerprint density at radius 1 is 1.25 bits per heavy atom. The minimum Gasteiger partial charge on any atom is -0.489 e. The number of aromatic nitrogens is 1. The van der Waals surface area contributed by atoms with Gasteiger partial charge in [-0.05, 0) is 18.2 Å². The molecule has 0 amide bonds. The molecule has 0 radical (unpaired) electrons. The van der Waals surface area contributed by atoms with E-state index in [1.807, 2.05) is 0 Å². The van der Waals surface area contributed by atoms with E-state index in [1.54, 1.807) is 30.5 Å². The van der Waals surface area contributed by atoms with E-state index in [9.17, 15) is 9.59 Å². The van der Waals surface area contributed by atoms with Gasteiger partial charge in [0.25, 0.3) is 5.56 Å². The second-order valence-corrected chi connectivity index (χ2v) is 4.41. The SMILES string of the molecule is O=C(O)c1cccc(Cl)c1OCCn1ccccc1=O. The molecular weight excluding hydrogens is 282 g/mol. The Morgan fingerprint density at radius 3 is 2.75 bits per heavy atom. The van der Waals surface area contributed by atoms with E-state index < -0.39 is 5.97 Å². The molecule has 2 aromatic rings. The maximum absolute atomic E-state index is 11.5. The average molecular weight is 294 g/mol. The monoisotopic (exact) mass is 293 g/mol. The van der Waals surface area contributed by atoms with Gasteiger partial charge in [0.15, 0.2) is 5.75 Å². The molecule has 0 unspecified atom stereocenters. The highest BCUT2D eigenvalue weighted by molar-refractivity contribution is 6.32. The van der Waals surface area contributed by atoms with Crippen LogP contribution < -0.4 is 10.3 Å². The first-order valence-corrected chi connectivity index (χ1v) is 6.27. The van der Waals surface area contributed by atoms with Crippen LogP contribution in [-0.4, -0.2) is 22.2 Å². The van der Waals surface area contributed by atoms with Gasteiger partial charge in [-0.3, -0.25) is 4.79 Å². The van der Waals surface area contributed by atoms with Crippen molar-refractivity contribution < 1.29 is 14.6 Å². The Morgan fingerprint density at radius 2 is 2.05 bits per heavy atom. The molecule has 20 heavy (non-hydrogen) atoms. The predicted molar refractivity (Wildman–Crippen MR) is 74.6 cm³/mol. The van der Waals surface area contributed by atoms with E-state index in [2.05, 4.69) is 0 Å². The molecule has 2 rings (SSSR count). The minimum atomic E-state index is -1.11. The zero-order chi connectivity index (χ0) is 14.5. The fourth-order valence-electron chi connectivity index (χ4n) is 1.72. The number of ether oxygens (including phenoxy) is 1. The molecule has 0 aliphatic rings. The van der Waals surface area contributed by atoms with Crippen molar-refractivity contribution in [1.29, 1.82) is 0 Å². The van der Waals surface area contributed by atoms with E-state index >= 15 is 0 Å². The number of aromatic carboxylic acids is 1. The molecule has 0 aliphatic heterocycles. The zero-order valence-electron chi connectivity index (χ0n) is 10.5. The summed E-state index contributed by atoms with van der Waals surface area (Å²) in [6.07, 6.45) is 1.64. The number of benzene rings is 1. The normalized spacial score (nSPS) is 10.2. The summed E-state index contributed by atoms with van der Waals surface area (Å²) in [7, 11) is 0. The topological polar surface area (TPSA) is 68.5 Å². The average Bonchev–Trinajstić information content (AvgIpc) is 2.42. The smallest absolute Gasteiger partial charge is 0.339 e. The quantitative estimate of drug-likeness (QED) is 0.918. The molecule has 0 bridgehead atoms. The Bertz CT molecular complexity index is 681. The maximum atomic E-state index is 11.5. The number of hydrogen-bond donors (Lipinski definition) is 1. The van der Waals surface area contributed by atoms with Crippen molar-refractivity contribution in [2.45, 2.75) is 6.54 Å². The predicted octanol–water partition coefficient (Wildman–Crippen LogP) is 2.28. The number of rotatable bonds is 5. The summed E-state index contributed by atoms with van der Waals surface area (Å²) in [5.41, 5.74) is -0.147. The highest BCUT2D eigenvalue weighted by Gasteiger charge is 2.14. The molecule has 1 N–H and O–H groups in total. The lowest BCUT2D eigenvalue weighted by molar-refractivity contribution is 0.0692. The van der Waals surface area contributed by atoms with Crippen LogP contribution in [0, 0.1) is 0 Å². The van der Waals surface area contributed by atoms with E-state index in [1.165, 1.54) is 16.7 Å². The largest absolute Gasteiger partial charge is 0.489 e. The molecule has 0 aliphatic carbocycles. The molecule has 1 aromatic carbocycles. The first-order valence-electron chi connectivity index (χ1n) is 5.89. The molecular formula is C14H12ClNO4. The number of hydrogen-bond acceptors (Lipinski definition) is 3. The molecule has 104 valence electrons. The maximum Gasteiger partial charge on any atom is 0.339 e. The summed E-state index contributed by atoms with van der Waals surface area (Å²) in [5.74, 6) is -0.995. The fraction of sp³-hybridized carbons (Fsp3) is 0.143. The van der Waals surface area contributed by atoms with Gasteiger partial charge < -0.3 is 14.4 Å². The third kappa shape index (κ3) is 3.19. The van der Waals surface area contributed by atoms with Crippen molar-refractivity contribution in [2.24, 2.45) is 0 Å². The number of carbonyl (C=O) groups is 1. The second kappa shape index (κ2) is 6.25. The van der Waals surface area contributed by atoms with Gasteiger partial charge in [0, 0.05) is 12.3 Å². The molecule has 6 heteroatoms. The van der Waals surface area contributed by atoms with Crippen molar-refractivity contribution in [2.75, 3.05) is 6.61 Å². The van der Waals surface area contributed by atoms with Gasteiger partial charge >= 0.3 is 5.97 Å². The highest BCUT2D eigenvalue weighted by atomic mass is 35.5. The second-order valence-electron chi connectivity index (χ2n) is 4.00. The Balaban J connectivity index is 2.10. The van der Waals surface area contributed by atoms with Gasteiger partial charge in [-0.2, -0.15) is 0 Å². The van der Waals surface area contributed by atoms with Crippen LogP contribution in [0.1, 0.15) is 10.4 Å². The van der Waals surface area contributed by atoms with E-state index in [0.717, 1.165) is 0 Å². The van der Waals surface area contributed by atoms with Crippen molar-refractivity contribution >= 4 is 17.6 Å². The minimum absolute atomic E-state index is 0.00194. The zero-order valence-corrected chi connectivity index (χ0v) is 11.2. The fourth-order valence-corrected chi connectivity index (χ4v) is 1.94. The third-order valence-electron chi connectivity index (χ3n) is 2.67. The summed E-state index contributed by atoms with van der Waals surface area (Å²) in [6, 6.07) is 9.34. The van der Waals surface area contributed by atoms with Gasteiger partial charge in [0.1, 0.15) is 12.2 Å². The summed E-state index contributed by atoms with van der Waals surface area (Å²) >= 11 is 5.93.